The molecular weight excluding hydrogens is 524 g/mol. The predicted molar refractivity (Wildman–Crippen MR) is 169 cm³/mol. The third-order valence-corrected chi connectivity index (χ3v) is 8.94. The number of ether oxygens (including phenoxy) is 1. The van der Waals surface area contributed by atoms with Crippen LogP contribution in [0.15, 0.2) is 60.7 Å². The summed E-state index contributed by atoms with van der Waals surface area (Å²) >= 11 is 0. The Morgan fingerprint density at radius 2 is 1.88 bits per heavy atom. The number of carbonyl (C=O) groups is 1. The van der Waals surface area contributed by atoms with E-state index in [1.54, 1.807) is 19.2 Å². The van der Waals surface area contributed by atoms with Crippen LogP contribution in [-0.4, -0.2) is 87.1 Å². The zero-order chi connectivity index (χ0) is 29.7. The standard InChI is InChI=1S/C21H17N3O2.C13H25N3/c1-14(11-22)12-23-21-18-10-16(19-5-3-4-17(13-25)24-19)7-6-15(18)8-9-20(21)26-2;1-14-11-3-5-12(6-4-11)16-9-13(10-16)7-15(2)8-13/h3-10,13,23H,1,12H2,2H3;11-12,14H,3-10H2,1-2H3. The minimum Gasteiger partial charge on any atom is -0.495 e. The van der Waals surface area contributed by atoms with E-state index in [2.05, 4.69) is 46.1 Å². The fourth-order valence-electron chi connectivity index (χ4n) is 6.83. The quantitative estimate of drug-likeness (QED) is 0.291. The number of methoxy groups -OCH3 is 1. The van der Waals surface area contributed by atoms with Gasteiger partial charge in [-0.05, 0) is 69.4 Å². The molecule has 3 fully saturated rings. The highest BCUT2D eigenvalue weighted by Crippen LogP contribution is 2.42. The number of anilines is 1. The SMILES string of the molecule is C=C(C#N)CNc1c(OC)ccc2ccc(-c3cccc(C=O)n3)cc12.CNC1CCC(N2CC3(CN(C)C3)C2)CC1. The number of benzene rings is 2. The summed E-state index contributed by atoms with van der Waals surface area (Å²) in [6.45, 7) is 9.48. The minimum atomic E-state index is 0.328. The van der Waals surface area contributed by atoms with Gasteiger partial charge in [-0.3, -0.25) is 9.69 Å². The lowest BCUT2D eigenvalue weighted by Gasteiger charge is -2.62. The largest absolute Gasteiger partial charge is 0.495 e. The van der Waals surface area contributed by atoms with Crippen LogP contribution in [0, 0.1) is 16.7 Å². The number of carbonyl (C=O) groups excluding carboxylic acids is 1. The number of nitrogens with one attached hydrogen (secondary N) is 2. The molecule has 8 heteroatoms. The maximum atomic E-state index is 11.0. The first kappa shape index (κ1) is 29.7. The summed E-state index contributed by atoms with van der Waals surface area (Å²) in [7, 11) is 5.95. The fraction of sp³-hybridized carbons (Fsp3) is 0.441. The molecule has 42 heavy (non-hydrogen) atoms. The molecule has 3 aliphatic rings. The highest BCUT2D eigenvalue weighted by atomic mass is 16.5. The van der Waals surface area contributed by atoms with Gasteiger partial charge in [0, 0.05) is 66.7 Å². The van der Waals surface area contributed by atoms with Crippen LogP contribution in [0.1, 0.15) is 36.2 Å². The van der Waals surface area contributed by atoms with Gasteiger partial charge >= 0.3 is 0 Å². The molecule has 1 spiro atoms. The van der Waals surface area contributed by atoms with Crippen molar-refractivity contribution in [2.24, 2.45) is 5.41 Å². The van der Waals surface area contributed by atoms with Crippen molar-refractivity contribution >= 4 is 22.7 Å². The van der Waals surface area contributed by atoms with E-state index in [1.807, 2.05) is 42.5 Å². The van der Waals surface area contributed by atoms with Gasteiger partial charge in [0.2, 0.25) is 0 Å². The average Bonchev–Trinajstić information content (AvgIpc) is 3.00. The van der Waals surface area contributed by atoms with Crippen LogP contribution in [0.25, 0.3) is 22.0 Å². The number of aldehydes is 1. The second-order valence-electron chi connectivity index (χ2n) is 12.1. The first-order chi connectivity index (χ1) is 20.4. The topological polar surface area (TPSA) is 93.5 Å². The first-order valence-corrected chi connectivity index (χ1v) is 14.8. The summed E-state index contributed by atoms with van der Waals surface area (Å²) in [4.78, 5) is 20.5. The van der Waals surface area contributed by atoms with Crippen molar-refractivity contribution < 1.29 is 9.53 Å². The minimum absolute atomic E-state index is 0.328. The van der Waals surface area contributed by atoms with E-state index in [0.717, 1.165) is 40.4 Å². The van der Waals surface area contributed by atoms with E-state index < -0.39 is 0 Å². The summed E-state index contributed by atoms with van der Waals surface area (Å²) in [5.74, 6) is 0.676. The molecule has 6 rings (SSSR count). The smallest absolute Gasteiger partial charge is 0.168 e. The average molecular weight is 567 g/mol. The Hall–Kier alpha value is -3.77. The van der Waals surface area contributed by atoms with Gasteiger partial charge < -0.3 is 20.3 Å². The number of nitrogens with zero attached hydrogens (tertiary/aromatic N) is 4. The van der Waals surface area contributed by atoms with E-state index in [1.165, 1.54) is 51.9 Å². The number of likely N-dealkylation sites (tertiary alicyclic amines) is 2. The van der Waals surface area contributed by atoms with Crippen LogP contribution in [0.5, 0.6) is 5.75 Å². The Labute approximate surface area is 249 Å². The van der Waals surface area contributed by atoms with Gasteiger partial charge in [-0.2, -0.15) is 5.26 Å². The van der Waals surface area contributed by atoms with Crippen LogP contribution in [0.4, 0.5) is 5.69 Å². The van der Waals surface area contributed by atoms with Gasteiger partial charge in [0.05, 0.1) is 24.6 Å². The zero-order valence-electron chi connectivity index (χ0n) is 25.0. The van der Waals surface area contributed by atoms with Gasteiger partial charge in [0.25, 0.3) is 0 Å². The summed E-state index contributed by atoms with van der Waals surface area (Å²) in [5.41, 5.74) is 3.92. The summed E-state index contributed by atoms with van der Waals surface area (Å²) < 4.78 is 5.46. The number of aromatic nitrogens is 1. The Morgan fingerprint density at radius 3 is 2.52 bits per heavy atom. The van der Waals surface area contributed by atoms with Crippen LogP contribution in [0.3, 0.4) is 0 Å². The van der Waals surface area contributed by atoms with Gasteiger partial charge in [0.15, 0.2) is 6.29 Å². The zero-order valence-corrected chi connectivity index (χ0v) is 25.0. The number of nitriles is 1. The Balaban J connectivity index is 0.000000187. The lowest BCUT2D eigenvalue weighted by Crippen LogP contribution is -2.72. The van der Waals surface area contributed by atoms with Gasteiger partial charge in [-0.1, -0.05) is 30.8 Å². The molecule has 8 nitrogen and oxygen atoms in total. The van der Waals surface area contributed by atoms with Crippen LogP contribution in [-0.2, 0) is 0 Å². The molecule has 2 aliphatic heterocycles. The Morgan fingerprint density at radius 1 is 1.14 bits per heavy atom. The molecule has 3 heterocycles. The molecule has 0 unspecified atom stereocenters. The van der Waals surface area contributed by atoms with Gasteiger partial charge in [-0.15, -0.1) is 0 Å². The third kappa shape index (κ3) is 6.49. The molecule has 2 aromatic carbocycles. The second-order valence-corrected chi connectivity index (χ2v) is 12.1. The molecule has 1 aliphatic carbocycles. The lowest BCUT2D eigenvalue weighted by molar-refractivity contribution is -0.125. The normalized spacial score (nSPS) is 21.3. The number of fused-ring (bicyclic) bond motifs is 1. The third-order valence-electron chi connectivity index (χ3n) is 8.94. The maximum absolute atomic E-state index is 11.0. The number of hydrogen-bond donors (Lipinski definition) is 2. The van der Waals surface area contributed by atoms with E-state index in [-0.39, 0.29) is 0 Å². The van der Waals surface area contributed by atoms with E-state index in [9.17, 15) is 4.79 Å². The van der Waals surface area contributed by atoms with Gasteiger partial charge in [-0.25, -0.2) is 4.98 Å². The second kappa shape index (κ2) is 13.0. The summed E-state index contributed by atoms with van der Waals surface area (Å²) in [6, 6.07) is 18.9. The predicted octanol–water partition coefficient (Wildman–Crippen LogP) is 4.98. The molecule has 2 N–H and O–H groups in total. The van der Waals surface area contributed by atoms with Crippen molar-refractivity contribution in [1.29, 1.82) is 5.26 Å². The molecule has 0 bridgehead atoms. The highest BCUT2D eigenvalue weighted by Gasteiger charge is 2.51. The monoisotopic (exact) mass is 566 g/mol. The molecule has 1 saturated carbocycles. The summed E-state index contributed by atoms with van der Waals surface area (Å²) in [6.07, 6.45) is 6.32. The molecule has 0 amide bonds. The molecule has 1 aromatic heterocycles. The van der Waals surface area contributed by atoms with Crippen molar-refractivity contribution in [2.75, 3.05) is 59.2 Å². The first-order valence-electron chi connectivity index (χ1n) is 14.8. The van der Waals surface area contributed by atoms with Crippen LogP contribution < -0.4 is 15.4 Å². The molecule has 0 atom stereocenters. The highest BCUT2D eigenvalue weighted by molar-refractivity contribution is 5.99. The van der Waals surface area contributed by atoms with E-state index in [0.29, 0.717) is 34.7 Å². The Bertz CT molecular complexity index is 1460. The van der Waals surface area contributed by atoms with Crippen molar-refractivity contribution in [3.63, 3.8) is 0 Å². The fourth-order valence-corrected chi connectivity index (χ4v) is 6.83. The van der Waals surface area contributed by atoms with E-state index >= 15 is 0 Å². The van der Waals surface area contributed by atoms with Gasteiger partial charge in [0.1, 0.15) is 11.4 Å². The van der Waals surface area contributed by atoms with Crippen molar-refractivity contribution in [1.82, 2.24) is 20.1 Å². The molecule has 0 radical (unpaired) electrons. The van der Waals surface area contributed by atoms with Crippen molar-refractivity contribution in [3.8, 4) is 23.1 Å². The van der Waals surface area contributed by atoms with Crippen LogP contribution in [0.2, 0.25) is 0 Å². The number of hydrogen-bond acceptors (Lipinski definition) is 8. The Kier molecular flexibility index (Phi) is 9.22. The van der Waals surface area contributed by atoms with Crippen LogP contribution >= 0.6 is 0 Å². The van der Waals surface area contributed by atoms with Crippen molar-refractivity contribution in [3.05, 3.63) is 66.4 Å². The molecule has 220 valence electrons. The molecule has 3 aromatic rings. The van der Waals surface area contributed by atoms with E-state index in [4.69, 9.17) is 10.00 Å². The van der Waals surface area contributed by atoms with Crippen molar-refractivity contribution in [2.45, 2.75) is 37.8 Å². The molecular formula is C34H42N6O2. The molecule has 2 saturated heterocycles. The number of rotatable bonds is 8. The maximum Gasteiger partial charge on any atom is 0.168 e. The summed E-state index contributed by atoms with van der Waals surface area (Å²) in [5, 5.41) is 17.5. The lowest BCUT2D eigenvalue weighted by atomic mass is 9.71. The number of pyridine rings is 1.